The van der Waals surface area contributed by atoms with E-state index < -0.39 is 12.6 Å². The molecule has 5 heteroatoms. The van der Waals surface area contributed by atoms with Crippen molar-refractivity contribution in [3.8, 4) is 11.5 Å². The van der Waals surface area contributed by atoms with Crippen LogP contribution in [-0.4, -0.2) is 31.0 Å². The second-order valence-electron chi connectivity index (χ2n) is 5.48. The highest BCUT2D eigenvalue weighted by Gasteiger charge is 2.13. The summed E-state index contributed by atoms with van der Waals surface area (Å²) in [4.78, 5) is 15.2. The van der Waals surface area contributed by atoms with E-state index in [0.29, 0.717) is 17.9 Å². The zero-order valence-corrected chi connectivity index (χ0v) is 14.4. The fraction of sp³-hybridized carbons (Fsp3) is 0.200. The quantitative estimate of drug-likeness (QED) is 0.584. The van der Waals surface area contributed by atoms with Gasteiger partial charge in [0.15, 0.2) is 18.1 Å². The lowest BCUT2D eigenvalue weighted by molar-refractivity contribution is -0.139. The Balaban J connectivity index is 2.35. The summed E-state index contributed by atoms with van der Waals surface area (Å²) < 4.78 is 10.7. The molecule has 0 heterocycles. The molecule has 0 saturated heterocycles. The predicted molar refractivity (Wildman–Crippen MR) is 98.5 cm³/mol. The summed E-state index contributed by atoms with van der Waals surface area (Å²) in [7, 11) is 1.52. The third-order valence-electron chi connectivity index (χ3n) is 3.47. The van der Waals surface area contributed by atoms with Crippen molar-refractivity contribution in [2.45, 2.75) is 13.3 Å². The lowest BCUT2D eigenvalue weighted by atomic mass is 10.1. The maximum Gasteiger partial charge on any atom is 0.341 e. The topological polar surface area (TPSA) is 68.1 Å². The zero-order valence-electron chi connectivity index (χ0n) is 14.4. The first-order valence-corrected chi connectivity index (χ1v) is 7.80. The highest BCUT2D eigenvalue weighted by molar-refractivity contribution is 5.84. The average molecular weight is 339 g/mol. The summed E-state index contributed by atoms with van der Waals surface area (Å²) in [5.41, 5.74) is 3.65. The summed E-state index contributed by atoms with van der Waals surface area (Å²) in [6.07, 6.45) is 3.99. The monoisotopic (exact) mass is 339 g/mol. The van der Waals surface area contributed by atoms with Crippen LogP contribution in [0.4, 0.5) is 5.69 Å². The third-order valence-corrected chi connectivity index (χ3v) is 3.47. The number of carboxylic acids is 1. The van der Waals surface area contributed by atoms with Crippen molar-refractivity contribution < 1.29 is 19.4 Å². The molecule has 0 atom stereocenters. The Labute approximate surface area is 147 Å². The second-order valence-corrected chi connectivity index (χ2v) is 5.48. The molecule has 0 aromatic heterocycles. The van der Waals surface area contributed by atoms with Crippen LogP contribution >= 0.6 is 0 Å². The molecule has 1 N–H and O–H groups in total. The Kier molecular flexibility index (Phi) is 6.34. The van der Waals surface area contributed by atoms with Gasteiger partial charge in [0, 0.05) is 11.8 Å². The molecular formula is C20H21NO4. The number of benzene rings is 2. The third kappa shape index (κ3) is 5.21. The number of rotatable bonds is 8. The summed E-state index contributed by atoms with van der Waals surface area (Å²) in [6, 6.07) is 11.5. The van der Waals surface area contributed by atoms with Crippen LogP contribution in [0.15, 0.2) is 54.0 Å². The molecule has 5 nitrogen and oxygen atoms in total. The standard InChI is InChI=1S/C20H21NO4/c1-4-5-16-10-15(12-21-17-8-6-14(2)7-9-17)11-18(24-3)20(16)25-13-19(22)23/h4,6-12H,1,5,13H2,2-3H3,(H,22,23). The number of carboxylic acid groups (broad SMARTS) is 1. The predicted octanol–water partition coefficient (Wildman–Crippen LogP) is 3.95. The van der Waals surface area contributed by atoms with Crippen LogP contribution < -0.4 is 9.47 Å². The van der Waals surface area contributed by atoms with E-state index in [4.69, 9.17) is 14.6 Å². The fourth-order valence-corrected chi connectivity index (χ4v) is 2.29. The molecule has 0 bridgehead atoms. The SMILES string of the molecule is C=CCc1cc(C=Nc2ccc(C)cc2)cc(OC)c1OCC(=O)O. The van der Waals surface area contributed by atoms with Gasteiger partial charge in [-0.15, -0.1) is 6.58 Å². The van der Waals surface area contributed by atoms with Gasteiger partial charge in [-0.1, -0.05) is 23.8 Å². The van der Waals surface area contributed by atoms with Gasteiger partial charge in [0.25, 0.3) is 0 Å². The summed E-state index contributed by atoms with van der Waals surface area (Å²) in [5.74, 6) is -0.167. The number of carbonyl (C=O) groups is 1. The summed E-state index contributed by atoms with van der Waals surface area (Å²) in [6.45, 7) is 5.32. The van der Waals surface area contributed by atoms with E-state index in [1.807, 2.05) is 37.3 Å². The Morgan fingerprint density at radius 3 is 2.60 bits per heavy atom. The van der Waals surface area contributed by atoms with Crippen molar-refractivity contribution in [3.05, 3.63) is 65.7 Å². The van der Waals surface area contributed by atoms with Gasteiger partial charge in [0.1, 0.15) is 0 Å². The van der Waals surface area contributed by atoms with E-state index in [1.165, 1.54) is 12.7 Å². The smallest absolute Gasteiger partial charge is 0.341 e. The largest absolute Gasteiger partial charge is 0.493 e. The van der Waals surface area contributed by atoms with Gasteiger partial charge >= 0.3 is 5.97 Å². The lowest BCUT2D eigenvalue weighted by Crippen LogP contribution is -2.11. The summed E-state index contributed by atoms with van der Waals surface area (Å²) in [5, 5.41) is 8.84. The number of hydrogen-bond acceptors (Lipinski definition) is 4. The van der Waals surface area contributed by atoms with Crippen LogP contribution in [0.2, 0.25) is 0 Å². The molecule has 0 fully saturated rings. The maximum absolute atomic E-state index is 10.8. The van der Waals surface area contributed by atoms with Crippen LogP contribution in [0.25, 0.3) is 0 Å². The zero-order chi connectivity index (χ0) is 18.2. The minimum absolute atomic E-state index is 0.414. The van der Waals surface area contributed by atoms with Crippen molar-refractivity contribution in [1.29, 1.82) is 0 Å². The molecule has 2 aromatic rings. The van der Waals surface area contributed by atoms with Gasteiger partial charge in [-0.25, -0.2) is 4.79 Å². The van der Waals surface area contributed by atoms with E-state index in [2.05, 4.69) is 11.6 Å². The molecule has 2 aromatic carbocycles. The Hall–Kier alpha value is -3.08. The van der Waals surface area contributed by atoms with Crippen LogP contribution in [0.5, 0.6) is 11.5 Å². The van der Waals surface area contributed by atoms with Crippen molar-refractivity contribution in [2.24, 2.45) is 4.99 Å². The first-order chi connectivity index (χ1) is 12.0. The number of allylic oxidation sites excluding steroid dienone is 1. The average Bonchev–Trinajstić information content (AvgIpc) is 2.60. The first kappa shape index (κ1) is 18.3. The molecule has 0 radical (unpaired) electrons. The van der Waals surface area contributed by atoms with Gasteiger partial charge in [-0.3, -0.25) is 4.99 Å². The van der Waals surface area contributed by atoms with E-state index in [-0.39, 0.29) is 0 Å². The van der Waals surface area contributed by atoms with Crippen LogP contribution in [-0.2, 0) is 11.2 Å². The fourth-order valence-electron chi connectivity index (χ4n) is 2.29. The minimum Gasteiger partial charge on any atom is -0.493 e. The Bertz CT molecular complexity index is 779. The summed E-state index contributed by atoms with van der Waals surface area (Å²) >= 11 is 0. The van der Waals surface area contributed by atoms with Crippen molar-refractivity contribution in [2.75, 3.05) is 13.7 Å². The lowest BCUT2D eigenvalue weighted by Gasteiger charge is -2.14. The van der Waals surface area contributed by atoms with E-state index in [0.717, 1.165) is 16.8 Å². The van der Waals surface area contributed by atoms with Crippen LogP contribution in [0.1, 0.15) is 16.7 Å². The van der Waals surface area contributed by atoms with Crippen molar-refractivity contribution in [3.63, 3.8) is 0 Å². The Morgan fingerprint density at radius 2 is 2.00 bits per heavy atom. The van der Waals surface area contributed by atoms with E-state index in [1.54, 1.807) is 18.4 Å². The van der Waals surface area contributed by atoms with Gasteiger partial charge in [-0.2, -0.15) is 0 Å². The van der Waals surface area contributed by atoms with Gasteiger partial charge in [-0.05, 0) is 43.2 Å². The first-order valence-electron chi connectivity index (χ1n) is 7.80. The molecule has 0 unspecified atom stereocenters. The van der Waals surface area contributed by atoms with E-state index >= 15 is 0 Å². The van der Waals surface area contributed by atoms with Gasteiger partial charge in [0.2, 0.25) is 0 Å². The van der Waals surface area contributed by atoms with E-state index in [9.17, 15) is 4.79 Å². The molecule has 0 aliphatic heterocycles. The Morgan fingerprint density at radius 1 is 1.28 bits per heavy atom. The van der Waals surface area contributed by atoms with Crippen molar-refractivity contribution in [1.82, 2.24) is 0 Å². The number of aryl methyl sites for hydroxylation is 1. The number of aliphatic imine (C=N–C) groups is 1. The highest BCUT2D eigenvalue weighted by atomic mass is 16.5. The molecule has 0 saturated carbocycles. The molecule has 0 aliphatic carbocycles. The number of aliphatic carboxylic acids is 1. The molecule has 0 spiro atoms. The number of hydrogen-bond donors (Lipinski definition) is 1. The normalized spacial score (nSPS) is 10.6. The number of methoxy groups -OCH3 is 1. The van der Waals surface area contributed by atoms with Crippen LogP contribution in [0, 0.1) is 6.92 Å². The molecule has 25 heavy (non-hydrogen) atoms. The molecule has 0 aliphatic rings. The molecule has 0 amide bonds. The molecular weight excluding hydrogens is 318 g/mol. The second kappa shape index (κ2) is 8.68. The van der Waals surface area contributed by atoms with Crippen LogP contribution in [0.3, 0.4) is 0 Å². The van der Waals surface area contributed by atoms with Gasteiger partial charge < -0.3 is 14.6 Å². The molecule has 130 valence electrons. The number of ether oxygens (including phenoxy) is 2. The number of nitrogens with zero attached hydrogens (tertiary/aromatic N) is 1. The van der Waals surface area contributed by atoms with Gasteiger partial charge in [0.05, 0.1) is 12.8 Å². The minimum atomic E-state index is -1.04. The highest BCUT2D eigenvalue weighted by Crippen LogP contribution is 2.33. The molecule has 2 rings (SSSR count). The van der Waals surface area contributed by atoms with Crippen molar-refractivity contribution >= 4 is 17.9 Å². The maximum atomic E-state index is 10.8.